The van der Waals surface area contributed by atoms with Gasteiger partial charge in [0.1, 0.15) is 23.1 Å². The standard InChI is InChI=1S/C20H20N4O2/c1-11-18-20(24(3)23-11)19(22-10-21-18)17(26)9-15-5-4-14-8-13(12(2)25)6-7-16(14)15/h6-8,10,15H,4-5,9H2,1-3H3/t15-/m1/s1. The minimum absolute atomic E-state index is 0.00824. The highest BCUT2D eigenvalue weighted by atomic mass is 16.1. The molecule has 0 bridgehead atoms. The maximum atomic E-state index is 13.0. The normalized spacial score (nSPS) is 16.0. The number of aryl methyl sites for hydroxylation is 3. The fraction of sp³-hybridized carbons (Fsp3) is 0.350. The molecule has 0 saturated carbocycles. The topological polar surface area (TPSA) is 77.7 Å². The molecule has 1 aromatic carbocycles. The van der Waals surface area contributed by atoms with Crippen molar-refractivity contribution >= 4 is 22.6 Å². The Morgan fingerprint density at radius 1 is 1.27 bits per heavy atom. The molecule has 1 aliphatic carbocycles. The van der Waals surface area contributed by atoms with Crippen LogP contribution >= 0.6 is 0 Å². The molecule has 0 fully saturated rings. The van der Waals surface area contributed by atoms with E-state index in [-0.39, 0.29) is 17.5 Å². The predicted octanol–water partition coefficient (Wildman–Crippen LogP) is 3.18. The van der Waals surface area contributed by atoms with Gasteiger partial charge in [-0.15, -0.1) is 0 Å². The van der Waals surface area contributed by atoms with Gasteiger partial charge in [-0.2, -0.15) is 5.10 Å². The van der Waals surface area contributed by atoms with Gasteiger partial charge in [-0.25, -0.2) is 9.97 Å². The average molecular weight is 348 g/mol. The summed E-state index contributed by atoms with van der Waals surface area (Å²) in [7, 11) is 1.81. The van der Waals surface area contributed by atoms with Gasteiger partial charge in [0.25, 0.3) is 0 Å². The number of ketones is 2. The van der Waals surface area contributed by atoms with Crippen LogP contribution in [0, 0.1) is 6.92 Å². The van der Waals surface area contributed by atoms with Gasteiger partial charge >= 0.3 is 0 Å². The van der Waals surface area contributed by atoms with E-state index in [9.17, 15) is 9.59 Å². The third-order valence-electron chi connectivity index (χ3n) is 5.24. The Kier molecular flexibility index (Phi) is 3.90. The van der Waals surface area contributed by atoms with Crippen LogP contribution in [0.3, 0.4) is 0 Å². The van der Waals surface area contributed by atoms with Crippen LogP contribution in [-0.4, -0.2) is 31.3 Å². The Morgan fingerprint density at radius 3 is 2.85 bits per heavy atom. The number of hydrogen-bond acceptors (Lipinski definition) is 5. The zero-order valence-electron chi connectivity index (χ0n) is 15.1. The fourth-order valence-electron chi connectivity index (χ4n) is 3.93. The van der Waals surface area contributed by atoms with Gasteiger partial charge in [-0.05, 0) is 49.8 Å². The highest BCUT2D eigenvalue weighted by Crippen LogP contribution is 2.37. The first kappa shape index (κ1) is 16.6. The molecule has 26 heavy (non-hydrogen) atoms. The fourth-order valence-corrected chi connectivity index (χ4v) is 3.93. The second kappa shape index (κ2) is 6.12. The van der Waals surface area contributed by atoms with Crippen LogP contribution in [-0.2, 0) is 13.5 Å². The van der Waals surface area contributed by atoms with Gasteiger partial charge in [-0.1, -0.05) is 12.1 Å². The van der Waals surface area contributed by atoms with E-state index in [2.05, 4.69) is 15.1 Å². The van der Waals surface area contributed by atoms with Crippen LogP contribution in [0.1, 0.15) is 63.4 Å². The largest absolute Gasteiger partial charge is 0.295 e. The maximum absolute atomic E-state index is 13.0. The molecule has 2 aromatic heterocycles. The summed E-state index contributed by atoms with van der Waals surface area (Å²) in [5.41, 5.74) is 5.74. The average Bonchev–Trinajstić information content (AvgIpc) is 3.15. The molecule has 1 atom stereocenters. The summed E-state index contributed by atoms with van der Waals surface area (Å²) >= 11 is 0. The summed E-state index contributed by atoms with van der Waals surface area (Å²) in [5.74, 6) is 0.244. The first-order chi connectivity index (χ1) is 12.5. The molecule has 4 rings (SSSR count). The van der Waals surface area contributed by atoms with E-state index >= 15 is 0 Å². The highest BCUT2D eigenvalue weighted by Gasteiger charge is 2.27. The molecule has 2 heterocycles. The third-order valence-corrected chi connectivity index (χ3v) is 5.24. The maximum Gasteiger partial charge on any atom is 0.184 e. The number of rotatable bonds is 4. The van der Waals surface area contributed by atoms with E-state index < -0.39 is 0 Å². The molecule has 0 aliphatic heterocycles. The molecule has 0 saturated heterocycles. The molecule has 132 valence electrons. The van der Waals surface area contributed by atoms with Gasteiger partial charge in [0.05, 0.1) is 5.69 Å². The van der Waals surface area contributed by atoms with Gasteiger partial charge in [0.2, 0.25) is 0 Å². The monoisotopic (exact) mass is 348 g/mol. The van der Waals surface area contributed by atoms with Crippen molar-refractivity contribution in [3.8, 4) is 0 Å². The highest BCUT2D eigenvalue weighted by molar-refractivity contribution is 6.04. The molecule has 0 N–H and O–H groups in total. The lowest BCUT2D eigenvalue weighted by molar-refractivity contribution is 0.0968. The van der Waals surface area contributed by atoms with Crippen LogP contribution < -0.4 is 0 Å². The van der Waals surface area contributed by atoms with Gasteiger partial charge in [0.15, 0.2) is 11.6 Å². The minimum atomic E-state index is 0.00824. The third kappa shape index (κ3) is 2.62. The first-order valence-corrected chi connectivity index (χ1v) is 8.77. The quantitative estimate of drug-likeness (QED) is 0.677. The van der Waals surface area contributed by atoms with Crippen molar-refractivity contribution in [3.63, 3.8) is 0 Å². The van der Waals surface area contributed by atoms with Crippen molar-refractivity contribution in [2.75, 3.05) is 0 Å². The summed E-state index contributed by atoms with van der Waals surface area (Å²) < 4.78 is 1.68. The number of fused-ring (bicyclic) bond motifs is 2. The Balaban J connectivity index is 1.64. The van der Waals surface area contributed by atoms with E-state index in [1.54, 1.807) is 11.6 Å². The Bertz CT molecular complexity index is 1050. The number of nitrogens with zero attached hydrogens (tertiary/aromatic N) is 4. The van der Waals surface area contributed by atoms with Crippen LogP contribution in [0.15, 0.2) is 24.5 Å². The van der Waals surface area contributed by atoms with E-state index in [0.717, 1.165) is 29.6 Å². The smallest absolute Gasteiger partial charge is 0.184 e. The molecule has 6 nitrogen and oxygen atoms in total. The van der Waals surface area contributed by atoms with Gasteiger partial charge in [-0.3, -0.25) is 14.3 Å². The summed E-state index contributed by atoms with van der Waals surface area (Å²) in [6, 6.07) is 5.83. The summed E-state index contributed by atoms with van der Waals surface area (Å²) in [6.07, 6.45) is 3.66. The van der Waals surface area contributed by atoms with Gasteiger partial charge < -0.3 is 0 Å². The Morgan fingerprint density at radius 2 is 2.08 bits per heavy atom. The molecule has 6 heteroatoms. The second-order valence-corrected chi connectivity index (χ2v) is 6.96. The van der Waals surface area contributed by atoms with Crippen molar-refractivity contribution in [2.45, 2.75) is 39.0 Å². The van der Waals surface area contributed by atoms with E-state index in [0.29, 0.717) is 17.6 Å². The predicted molar refractivity (Wildman–Crippen MR) is 97.5 cm³/mol. The molecule has 0 amide bonds. The molecule has 0 spiro atoms. The molecule has 3 aromatic rings. The van der Waals surface area contributed by atoms with Crippen LogP contribution in [0.25, 0.3) is 11.0 Å². The number of carbonyl (C=O) groups excluding carboxylic acids is 2. The second-order valence-electron chi connectivity index (χ2n) is 6.96. The van der Waals surface area contributed by atoms with Crippen molar-refractivity contribution in [2.24, 2.45) is 7.05 Å². The number of hydrogen-bond donors (Lipinski definition) is 0. The molecule has 0 unspecified atom stereocenters. The van der Waals surface area contributed by atoms with E-state index in [4.69, 9.17) is 0 Å². The summed E-state index contributed by atoms with van der Waals surface area (Å²) in [6.45, 7) is 3.46. The molecular weight excluding hydrogens is 328 g/mol. The number of carbonyl (C=O) groups is 2. The van der Waals surface area contributed by atoms with Gasteiger partial charge in [0, 0.05) is 19.0 Å². The minimum Gasteiger partial charge on any atom is -0.295 e. The van der Waals surface area contributed by atoms with Crippen LogP contribution in [0.2, 0.25) is 0 Å². The van der Waals surface area contributed by atoms with Crippen LogP contribution in [0.5, 0.6) is 0 Å². The lowest BCUT2D eigenvalue weighted by atomic mass is 9.93. The summed E-state index contributed by atoms with van der Waals surface area (Å²) in [4.78, 5) is 33.1. The lowest BCUT2D eigenvalue weighted by Crippen LogP contribution is -2.10. The zero-order valence-corrected chi connectivity index (χ0v) is 15.1. The number of Topliss-reactive ketones (excluding diaryl/α,β-unsaturated/α-hetero) is 2. The Hall–Kier alpha value is -2.89. The summed E-state index contributed by atoms with van der Waals surface area (Å²) in [5, 5.41) is 4.36. The van der Waals surface area contributed by atoms with Crippen LogP contribution in [0.4, 0.5) is 0 Å². The van der Waals surface area contributed by atoms with E-state index in [1.807, 2.05) is 32.2 Å². The van der Waals surface area contributed by atoms with Crippen molar-refractivity contribution in [1.29, 1.82) is 0 Å². The molecule has 0 radical (unpaired) electrons. The van der Waals surface area contributed by atoms with Crippen molar-refractivity contribution in [1.82, 2.24) is 19.7 Å². The Labute approximate surface area is 151 Å². The van der Waals surface area contributed by atoms with Crippen molar-refractivity contribution < 1.29 is 9.59 Å². The lowest BCUT2D eigenvalue weighted by Gasteiger charge is -2.11. The van der Waals surface area contributed by atoms with Crippen molar-refractivity contribution in [3.05, 3.63) is 52.6 Å². The molecular formula is C20H20N4O2. The molecule has 1 aliphatic rings. The number of aromatic nitrogens is 4. The zero-order chi connectivity index (χ0) is 18.4. The SMILES string of the molecule is CC(=O)c1ccc2c(c1)CC[C@@H]2CC(=O)c1ncnc2c(C)nn(C)c12. The first-order valence-electron chi connectivity index (χ1n) is 8.77. The van der Waals surface area contributed by atoms with E-state index in [1.165, 1.54) is 17.5 Å². The number of benzene rings is 1.